The maximum atomic E-state index is 12.9. The molecule has 0 radical (unpaired) electrons. The number of hydrogen-bond acceptors (Lipinski definition) is 6. The van der Waals surface area contributed by atoms with Crippen molar-refractivity contribution >= 4 is 5.91 Å². The monoisotopic (exact) mass is 397 g/mol. The van der Waals surface area contributed by atoms with Crippen LogP contribution >= 0.6 is 0 Å². The summed E-state index contributed by atoms with van der Waals surface area (Å²) in [6.45, 7) is 4.03. The number of benzene rings is 1. The molecule has 2 aliphatic rings. The molecule has 3 heterocycles. The minimum Gasteiger partial charge on any atom is -0.379 e. The van der Waals surface area contributed by atoms with E-state index in [2.05, 4.69) is 14.7 Å². The minimum absolute atomic E-state index is 0.0103. The van der Waals surface area contributed by atoms with E-state index in [1.165, 1.54) is 0 Å². The molecular weight excluding hydrogens is 379 g/mol. The summed E-state index contributed by atoms with van der Waals surface area (Å²) in [5.74, 6) is -1.51. The highest BCUT2D eigenvalue weighted by molar-refractivity contribution is 5.84. The molecule has 7 nitrogen and oxygen atoms in total. The molecule has 4 rings (SSSR count). The van der Waals surface area contributed by atoms with Gasteiger partial charge in [0.2, 0.25) is 11.7 Å². The first-order valence-electron chi connectivity index (χ1n) is 8.73. The molecule has 1 aromatic heterocycles. The number of ether oxygens (including phenoxy) is 2. The zero-order valence-corrected chi connectivity index (χ0v) is 15.0. The first-order chi connectivity index (χ1) is 13.3. The second-order valence-electron chi connectivity index (χ2n) is 7.30. The Bertz CT molecular complexity index is 858. The first kappa shape index (κ1) is 18.9. The molecule has 0 spiro atoms. The highest BCUT2D eigenvalue weighted by Crippen LogP contribution is 2.32. The van der Waals surface area contributed by atoms with E-state index < -0.39 is 17.5 Å². The molecule has 0 atom stereocenters. The van der Waals surface area contributed by atoms with E-state index in [4.69, 9.17) is 9.47 Å². The van der Waals surface area contributed by atoms with Crippen LogP contribution in [0.2, 0.25) is 0 Å². The van der Waals surface area contributed by atoms with E-state index in [9.17, 15) is 18.0 Å². The fourth-order valence-corrected chi connectivity index (χ4v) is 3.06. The van der Waals surface area contributed by atoms with Gasteiger partial charge in [-0.25, -0.2) is 0 Å². The molecule has 0 aliphatic carbocycles. The van der Waals surface area contributed by atoms with Gasteiger partial charge in [-0.05, 0) is 12.5 Å². The lowest BCUT2D eigenvalue weighted by molar-refractivity contribution is -0.180. The zero-order valence-electron chi connectivity index (χ0n) is 15.0. The van der Waals surface area contributed by atoms with Gasteiger partial charge in [0, 0.05) is 12.1 Å². The predicted octanol–water partition coefficient (Wildman–Crippen LogP) is 2.52. The van der Waals surface area contributed by atoms with Crippen LogP contribution < -0.4 is 0 Å². The van der Waals surface area contributed by atoms with E-state index in [-0.39, 0.29) is 17.8 Å². The van der Waals surface area contributed by atoms with Gasteiger partial charge in [-0.1, -0.05) is 29.4 Å². The van der Waals surface area contributed by atoms with Crippen molar-refractivity contribution in [2.75, 3.05) is 26.4 Å². The maximum absolute atomic E-state index is 12.9. The highest BCUT2D eigenvalue weighted by Gasteiger charge is 2.46. The van der Waals surface area contributed by atoms with Gasteiger partial charge in [0.1, 0.15) is 0 Å². The van der Waals surface area contributed by atoms with Crippen LogP contribution in [0.25, 0.3) is 11.4 Å². The lowest BCUT2D eigenvalue weighted by Gasteiger charge is -2.45. The van der Waals surface area contributed by atoms with E-state index in [1.54, 1.807) is 29.2 Å². The topological polar surface area (TPSA) is 77.7 Å². The van der Waals surface area contributed by atoms with Gasteiger partial charge in [0.15, 0.2) is 0 Å². The van der Waals surface area contributed by atoms with E-state index >= 15 is 0 Å². The van der Waals surface area contributed by atoms with Gasteiger partial charge in [-0.2, -0.15) is 18.2 Å². The fraction of sp³-hybridized carbons (Fsp3) is 0.500. The molecule has 10 heteroatoms. The van der Waals surface area contributed by atoms with Gasteiger partial charge < -0.3 is 18.9 Å². The van der Waals surface area contributed by atoms with Crippen molar-refractivity contribution in [2.24, 2.45) is 5.41 Å². The van der Waals surface area contributed by atoms with E-state index in [1.807, 2.05) is 6.92 Å². The Hall–Kier alpha value is -2.46. The van der Waals surface area contributed by atoms with Crippen molar-refractivity contribution < 1.29 is 32.0 Å². The number of carbonyl (C=O) groups is 1. The predicted molar refractivity (Wildman–Crippen MR) is 88.8 cm³/mol. The summed E-state index contributed by atoms with van der Waals surface area (Å²) in [4.78, 5) is 18.1. The number of halogens is 3. The van der Waals surface area contributed by atoms with Gasteiger partial charge in [-0.3, -0.25) is 4.79 Å². The highest BCUT2D eigenvalue weighted by atomic mass is 19.4. The largest absolute Gasteiger partial charge is 0.471 e. The van der Waals surface area contributed by atoms with Crippen LogP contribution in [-0.4, -0.2) is 53.4 Å². The molecule has 1 amide bonds. The molecule has 0 saturated carbocycles. The van der Waals surface area contributed by atoms with Crippen molar-refractivity contribution in [2.45, 2.75) is 25.7 Å². The van der Waals surface area contributed by atoms with Crippen LogP contribution in [0.4, 0.5) is 13.2 Å². The quantitative estimate of drug-likeness (QED) is 0.772. The van der Waals surface area contributed by atoms with Gasteiger partial charge in [0.05, 0.1) is 37.9 Å². The molecule has 28 heavy (non-hydrogen) atoms. The lowest BCUT2D eigenvalue weighted by atomic mass is 9.86. The average Bonchev–Trinajstić information content (AvgIpc) is 3.08. The Morgan fingerprint density at radius 1 is 1.21 bits per heavy atom. The van der Waals surface area contributed by atoms with Crippen LogP contribution in [0.1, 0.15) is 18.4 Å². The second kappa shape index (κ2) is 6.85. The first-order valence-corrected chi connectivity index (χ1v) is 8.73. The Kier molecular flexibility index (Phi) is 4.62. The molecule has 0 bridgehead atoms. The van der Waals surface area contributed by atoms with Crippen LogP contribution in [0.3, 0.4) is 0 Å². The van der Waals surface area contributed by atoms with Crippen molar-refractivity contribution in [3.8, 4) is 11.4 Å². The number of aromatic nitrogens is 2. The third-order valence-corrected chi connectivity index (χ3v) is 4.91. The molecule has 1 aromatic carbocycles. The summed E-state index contributed by atoms with van der Waals surface area (Å²) in [7, 11) is 0. The normalized spacial score (nSPS) is 19.0. The number of carbonyl (C=O) groups excluding carboxylic acids is 1. The minimum atomic E-state index is -4.68. The summed E-state index contributed by atoms with van der Waals surface area (Å²) < 4.78 is 52.5. The Labute approximate surface area is 158 Å². The number of nitrogens with zero attached hydrogens (tertiary/aromatic N) is 3. The van der Waals surface area contributed by atoms with Crippen LogP contribution in [-0.2, 0) is 27.0 Å². The summed E-state index contributed by atoms with van der Waals surface area (Å²) in [5.41, 5.74) is 0.716. The molecule has 0 N–H and O–H groups in total. The summed E-state index contributed by atoms with van der Waals surface area (Å²) in [5, 5.41) is 3.37. The smallest absolute Gasteiger partial charge is 0.379 e. The van der Waals surface area contributed by atoms with Crippen molar-refractivity contribution in [3.63, 3.8) is 0 Å². The molecule has 2 aliphatic heterocycles. The van der Waals surface area contributed by atoms with Crippen molar-refractivity contribution in [3.05, 3.63) is 35.7 Å². The summed E-state index contributed by atoms with van der Waals surface area (Å²) >= 11 is 0. The van der Waals surface area contributed by atoms with Crippen LogP contribution in [0, 0.1) is 5.41 Å². The second-order valence-corrected chi connectivity index (χ2v) is 7.30. The van der Waals surface area contributed by atoms with Gasteiger partial charge in [-0.15, -0.1) is 0 Å². The number of amides is 1. The van der Waals surface area contributed by atoms with Gasteiger partial charge in [0.25, 0.3) is 0 Å². The standard InChI is InChI=1S/C18H18F3N3O4/c1-17(9-27-10-17)16(25)24(13-7-26-8-13)6-11-2-4-12(5-3-11)14-22-15(28-23-14)18(19,20)21/h2-5,13H,6-10H2,1H3. The van der Waals surface area contributed by atoms with Crippen molar-refractivity contribution in [1.29, 1.82) is 0 Å². The number of hydrogen-bond donors (Lipinski definition) is 0. The lowest BCUT2D eigenvalue weighted by Crippen LogP contribution is -2.59. The van der Waals surface area contributed by atoms with Crippen LogP contribution in [0.5, 0.6) is 0 Å². The molecule has 2 saturated heterocycles. The number of rotatable bonds is 5. The summed E-state index contributed by atoms with van der Waals surface area (Å²) in [6, 6.07) is 6.69. The van der Waals surface area contributed by atoms with E-state index in [0.717, 1.165) is 5.56 Å². The van der Waals surface area contributed by atoms with E-state index in [0.29, 0.717) is 38.5 Å². The maximum Gasteiger partial charge on any atom is 0.471 e. The molecule has 150 valence electrons. The third-order valence-electron chi connectivity index (χ3n) is 4.91. The SMILES string of the molecule is CC1(C(=O)N(Cc2ccc(-c3noc(C(F)(F)F)n3)cc2)C2COC2)COC1. The van der Waals surface area contributed by atoms with Gasteiger partial charge >= 0.3 is 12.1 Å². The molecule has 2 aromatic rings. The number of alkyl halides is 3. The Balaban J connectivity index is 1.49. The average molecular weight is 397 g/mol. The van der Waals surface area contributed by atoms with Crippen molar-refractivity contribution in [1.82, 2.24) is 15.0 Å². The van der Waals surface area contributed by atoms with Crippen LogP contribution in [0.15, 0.2) is 28.8 Å². The third kappa shape index (κ3) is 3.49. The molecular formula is C18H18F3N3O4. The fourth-order valence-electron chi connectivity index (χ4n) is 3.06. The Morgan fingerprint density at radius 2 is 1.89 bits per heavy atom. The molecule has 0 unspecified atom stereocenters. The zero-order chi connectivity index (χ0) is 19.9. The Morgan fingerprint density at radius 3 is 2.36 bits per heavy atom. The molecule has 2 fully saturated rings. The summed E-state index contributed by atoms with van der Waals surface area (Å²) in [6.07, 6.45) is -4.68.